The molecule has 1 aliphatic carbocycles. The van der Waals surface area contributed by atoms with Crippen LogP contribution in [-0.2, 0) is 4.79 Å². The Labute approximate surface area is 133 Å². The molecule has 6 heteroatoms. The Morgan fingerprint density at radius 1 is 1.22 bits per heavy atom. The Kier molecular flexibility index (Phi) is 3.16. The SMILES string of the molecule is O=C1NC(=O)[C@](CC[C@H](O)n2cc3ccccc3c2)(C2CC2)N1. The lowest BCUT2D eigenvalue weighted by atomic mass is 9.87. The normalized spacial score (nSPS) is 25.4. The number of carbonyl (C=O) groups is 2. The van der Waals surface area contributed by atoms with E-state index in [1.54, 1.807) is 4.57 Å². The summed E-state index contributed by atoms with van der Waals surface area (Å²) >= 11 is 0. The Morgan fingerprint density at radius 2 is 1.87 bits per heavy atom. The van der Waals surface area contributed by atoms with Crippen LogP contribution in [0, 0.1) is 5.92 Å². The van der Waals surface area contributed by atoms with E-state index in [1.807, 2.05) is 36.7 Å². The lowest BCUT2D eigenvalue weighted by molar-refractivity contribution is -0.125. The fourth-order valence-electron chi connectivity index (χ4n) is 3.53. The van der Waals surface area contributed by atoms with Gasteiger partial charge in [-0.15, -0.1) is 0 Å². The molecule has 2 aromatic rings. The molecule has 6 nitrogen and oxygen atoms in total. The summed E-state index contributed by atoms with van der Waals surface area (Å²) in [5.41, 5.74) is -0.843. The van der Waals surface area contributed by atoms with E-state index >= 15 is 0 Å². The average Bonchev–Trinajstić information content (AvgIpc) is 3.22. The van der Waals surface area contributed by atoms with Crippen molar-refractivity contribution in [3.63, 3.8) is 0 Å². The first kappa shape index (κ1) is 14.3. The van der Waals surface area contributed by atoms with Gasteiger partial charge < -0.3 is 15.0 Å². The van der Waals surface area contributed by atoms with Gasteiger partial charge >= 0.3 is 6.03 Å². The molecule has 1 aromatic heterocycles. The van der Waals surface area contributed by atoms with Crippen LogP contribution in [0.3, 0.4) is 0 Å². The Hall–Kier alpha value is -2.34. The maximum atomic E-state index is 12.2. The molecule has 120 valence electrons. The van der Waals surface area contributed by atoms with Crippen LogP contribution < -0.4 is 10.6 Å². The number of imide groups is 1. The minimum Gasteiger partial charge on any atom is -0.373 e. The third-order valence-electron chi connectivity index (χ3n) is 4.96. The highest BCUT2D eigenvalue weighted by Gasteiger charge is 2.55. The number of benzene rings is 1. The molecule has 4 rings (SSSR count). The molecular weight excluding hydrogens is 294 g/mol. The molecule has 0 radical (unpaired) electrons. The first-order valence-corrected chi connectivity index (χ1v) is 7.96. The number of nitrogens with zero attached hydrogens (tertiary/aromatic N) is 1. The van der Waals surface area contributed by atoms with E-state index in [9.17, 15) is 14.7 Å². The summed E-state index contributed by atoms with van der Waals surface area (Å²) in [6.07, 6.45) is 5.81. The summed E-state index contributed by atoms with van der Waals surface area (Å²) in [5.74, 6) is -0.0697. The lowest BCUT2D eigenvalue weighted by Gasteiger charge is -2.27. The molecule has 0 spiro atoms. The van der Waals surface area contributed by atoms with Gasteiger partial charge in [0, 0.05) is 12.4 Å². The summed E-state index contributed by atoms with van der Waals surface area (Å²) in [5, 5.41) is 17.7. The van der Waals surface area contributed by atoms with Crippen molar-refractivity contribution < 1.29 is 14.7 Å². The van der Waals surface area contributed by atoms with Crippen molar-refractivity contribution in [2.45, 2.75) is 37.5 Å². The van der Waals surface area contributed by atoms with Gasteiger partial charge in [0.05, 0.1) is 0 Å². The number of nitrogens with one attached hydrogen (secondary N) is 2. The van der Waals surface area contributed by atoms with Gasteiger partial charge in [-0.3, -0.25) is 10.1 Å². The second-order valence-corrected chi connectivity index (χ2v) is 6.51. The highest BCUT2D eigenvalue weighted by atomic mass is 16.3. The van der Waals surface area contributed by atoms with E-state index in [4.69, 9.17) is 0 Å². The molecule has 3 amide bonds. The van der Waals surface area contributed by atoms with Gasteiger partial charge in [0.2, 0.25) is 0 Å². The number of hydrogen-bond acceptors (Lipinski definition) is 3. The summed E-state index contributed by atoms with van der Waals surface area (Å²) < 4.78 is 1.76. The van der Waals surface area contributed by atoms with Crippen molar-refractivity contribution in [2.75, 3.05) is 0 Å². The molecule has 0 bridgehead atoms. The molecule has 23 heavy (non-hydrogen) atoms. The van der Waals surface area contributed by atoms with Crippen molar-refractivity contribution in [2.24, 2.45) is 5.92 Å². The second kappa shape index (κ2) is 5.09. The fourth-order valence-corrected chi connectivity index (χ4v) is 3.53. The maximum Gasteiger partial charge on any atom is 0.322 e. The standard InChI is InChI=1S/C17H19N3O3/c21-14(20-9-11-3-1-2-4-12(11)10-20)7-8-17(13-5-6-13)15(22)18-16(23)19-17/h1-4,9-10,13-14,21H,5-8H2,(H2,18,19,22,23)/t14-,17-/m0/s1. The molecule has 1 saturated carbocycles. The monoisotopic (exact) mass is 313 g/mol. The van der Waals surface area contributed by atoms with E-state index < -0.39 is 17.8 Å². The zero-order chi connectivity index (χ0) is 16.0. The van der Waals surface area contributed by atoms with Gasteiger partial charge in [0.25, 0.3) is 5.91 Å². The number of carbonyl (C=O) groups excluding carboxylic acids is 2. The van der Waals surface area contributed by atoms with E-state index in [2.05, 4.69) is 10.6 Å². The van der Waals surface area contributed by atoms with Crippen molar-refractivity contribution >= 4 is 22.7 Å². The zero-order valence-electron chi connectivity index (χ0n) is 12.7. The number of amides is 3. The number of hydrogen-bond donors (Lipinski definition) is 3. The highest BCUT2D eigenvalue weighted by Crippen LogP contribution is 2.44. The predicted molar refractivity (Wildman–Crippen MR) is 84.6 cm³/mol. The highest BCUT2D eigenvalue weighted by molar-refractivity contribution is 6.07. The molecule has 1 saturated heterocycles. The third-order valence-corrected chi connectivity index (χ3v) is 4.96. The average molecular weight is 313 g/mol. The first-order valence-electron chi connectivity index (χ1n) is 7.96. The number of aliphatic hydroxyl groups is 1. The molecule has 2 aliphatic rings. The summed E-state index contributed by atoms with van der Waals surface area (Å²) in [6.45, 7) is 0. The van der Waals surface area contributed by atoms with Gasteiger partial charge in [-0.1, -0.05) is 24.3 Å². The molecule has 3 N–H and O–H groups in total. The Morgan fingerprint density at radius 3 is 2.39 bits per heavy atom. The van der Waals surface area contributed by atoms with Gasteiger partial charge in [0.15, 0.2) is 0 Å². The number of aliphatic hydroxyl groups excluding tert-OH is 1. The van der Waals surface area contributed by atoms with Crippen molar-refractivity contribution in [1.29, 1.82) is 0 Å². The minimum atomic E-state index is -0.843. The molecule has 2 fully saturated rings. The van der Waals surface area contributed by atoms with Gasteiger partial charge in [-0.05, 0) is 42.4 Å². The number of rotatable bonds is 5. The number of urea groups is 1. The van der Waals surface area contributed by atoms with Gasteiger partial charge in [-0.25, -0.2) is 4.79 Å². The topological polar surface area (TPSA) is 83.4 Å². The first-order chi connectivity index (χ1) is 11.1. The second-order valence-electron chi connectivity index (χ2n) is 6.51. The molecular formula is C17H19N3O3. The van der Waals surface area contributed by atoms with E-state index in [0.717, 1.165) is 23.6 Å². The quantitative estimate of drug-likeness (QED) is 0.737. The number of aromatic nitrogens is 1. The van der Waals surface area contributed by atoms with Crippen LogP contribution in [0.5, 0.6) is 0 Å². The lowest BCUT2D eigenvalue weighted by Crippen LogP contribution is -2.49. The minimum absolute atomic E-state index is 0.185. The maximum absolute atomic E-state index is 12.2. The zero-order valence-corrected chi connectivity index (χ0v) is 12.7. The molecule has 0 unspecified atom stereocenters. The summed E-state index contributed by atoms with van der Waals surface area (Å²) in [6, 6.07) is 7.48. The van der Waals surface area contributed by atoms with Crippen LogP contribution >= 0.6 is 0 Å². The van der Waals surface area contributed by atoms with Crippen LogP contribution in [0.2, 0.25) is 0 Å². The molecule has 2 atom stereocenters. The van der Waals surface area contributed by atoms with Crippen molar-refractivity contribution in [3.8, 4) is 0 Å². The molecule has 2 heterocycles. The molecule has 1 aliphatic heterocycles. The van der Waals surface area contributed by atoms with Crippen LogP contribution in [-0.4, -0.2) is 27.2 Å². The van der Waals surface area contributed by atoms with Crippen LogP contribution in [0.25, 0.3) is 10.8 Å². The third kappa shape index (κ3) is 2.39. The fraction of sp³-hybridized carbons (Fsp3) is 0.412. The van der Waals surface area contributed by atoms with Gasteiger partial charge in [0.1, 0.15) is 11.8 Å². The predicted octanol–water partition coefficient (Wildman–Crippen LogP) is 1.90. The van der Waals surface area contributed by atoms with Gasteiger partial charge in [-0.2, -0.15) is 0 Å². The van der Waals surface area contributed by atoms with Crippen molar-refractivity contribution in [3.05, 3.63) is 36.7 Å². The number of fused-ring (bicyclic) bond motifs is 1. The van der Waals surface area contributed by atoms with E-state index in [-0.39, 0.29) is 11.8 Å². The Balaban J connectivity index is 1.51. The summed E-state index contributed by atoms with van der Waals surface area (Å²) in [4.78, 5) is 23.7. The van der Waals surface area contributed by atoms with Crippen LogP contribution in [0.4, 0.5) is 4.79 Å². The van der Waals surface area contributed by atoms with Crippen LogP contribution in [0.15, 0.2) is 36.7 Å². The Bertz CT molecular complexity index is 747. The van der Waals surface area contributed by atoms with Crippen molar-refractivity contribution in [1.82, 2.24) is 15.2 Å². The smallest absolute Gasteiger partial charge is 0.322 e. The largest absolute Gasteiger partial charge is 0.373 e. The van der Waals surface area contributed by atoms with Crippen LogP contribution in [0.1, 0.15) is 31.9 Å². The van der Waals surface area contributed by atoms with E-state index in [1.165, 1.54) is 0 Å². The molecule has 1 aromatic carbocycles. The van der Waals surface area contributed by atoms with E-state index in [0.29, 0.717) is 12.8 Å². The summed E-state index contributed by atoms with van der Waals surface area (Å²) in [7, 11) is 0.